The van der Waals surface area contributed by atoms with E-state index in [9.17, 15) is 8.42 Å². The molecule has 112 valence electrons. The molecule has 0 aliphatic carbocycles. The van der Waals surface area contributed by atoms with E-state index in [1.54, 1.807) is 0 Å². The molecular weight excluding hydrogens is 298 g/mol. The molecule has 5 nitrogen and oxygen atoms in total. The largest absolute Gasteiger partial charge is 0.399 e. The average molecular weight is 318 g/mol. The van der Waals surface area contributed by atoms with Crippen LogP contribution in [0.5, 0.6) is 0 Å². The lowest BCUT2D eigenvalue weighted by Gasteiger charge is -2.28. The van der Waals surface area contributed by atoms with Gasteiger partial charge in [0.25, 0.3) is 0 Å². The van der Waals surface area contributed by atoms with Gasteiger partial charge in [-0.15, -0.1) is 0 Å². The van der Waals surface area contributed by atoms with E-state index >= 15 is 0 Å². The normalized spacial score (nSPS) is 18.3. The van der Waals surface area contributed by atoms with E-state index in [-0.39, 0.29) is 9.92 Å². The van der Waals surface area contributed by atoms with E-state index < -0.39 is 10.0 Å². The number of nitrogens with zero attached hydrogens (tertiary/aromatic N) is 1. The zero-order chi connectivity index (χ0) is 14.8. The third-order valence-corrected chi connectivity index (χ3v) is 5.55. The first-order valence-electron chi connectivity index (χ1n) is 6.62. The van der Waals surface area contributed by atoms with Crippen molar-refractivity contribution >= 4 is 27.3 Å². The maximum Gasteiger partial charge on any atom is 0.242 e. The number of nitrogens with two attached hydrogens (primary N) is 1. The highest BCUT2D eigenvalue weighted by molar-refractivity contribution is 7.89. The smallest absolute Gasteiger partial charge is 0.242 e. The second-order valence-corrected chi connectivity index (χ2v) is 7.43. The number of benzene rings is 1. The lowest BCUT2D eigenvalue weighted by atomic mass is 9.98. The van der Waals surface area contributed by atoms with Crippen molar-refractivity contribution in [3.8, 4) is 0 Å². The average Bonchev–Trinajstić information content (AvgIpc) is 2.37. The monoisotopic (exact) mass is 317 g/mol. The molecule has 0 unspecified atom stereocenters. The summed E-state index contributed by atoms with van der Waals surface area (Å²) in [7, 11) is -1.49. The Bertz CT molecular complexity index is 569. The Morgan fingerprint density at radius 3 is 2.65 bits per heavy atom. The van der Waals surface area contributed by atoms with Crippen LogP contribution in [0.1, 0.15) is 12.8 Å². The van der Waals surface area contributed by atoms with Crippen molar-refractivity contribution in [1.29, 1.82) is 0 Å². The Morgan fingerprint density at radius 2 is 2.05 bits per heavy atom. The summed E-state index contributed by atoms with van der Waals surface area (Å²) in [6, 6.07) is 4.43. The fourth-order valence-electron chi connectivity index (χ4n) is 2.31. The molecule has 0 atom stereocenters. The summed E-state index contributed by atoms with van der Waals surface area (Å²) in [6.45, 7) is 2.47. The summed E-state index contributed by atoms with van der Waals surface area (Å²) in [5, 5.41) is 0.154. The number of hydrogen-bond acceptors (Lipinski definition) is 4. The molecule has 20 heavy (non-hydrogen) atoms. The van der Waals surface area contributed by atoms with Gasteiger partial charge < -0.3 is 10.6 Å². The highest BCUT2D eigenvalue weighted by atomic mass is 35.5. The van der Waals surface area contributed by atoms with E-state index in [1.807, 2.05) is 0 Å². The molecule has 1 aromatic carbocycles. The van der Waals surface area contributed by atoms with Crippen molar-refractivity contribution in [3.63, 3.8) is 0 Å². The minimum atomic E-state index is -3.57. The molecule has 3 N–H and O–H groups in total. The molecular formula is C13H20ClN3O2S. The molecule has 0 aromatic heterocycles. The first-order chi connectivity index (χ1) is 9.38. The van der Waals surface area contributed by atoms with Crippen LogP contribution >= 0.6 is 11.6 Å². The van der Waals surface area contributed by atoms with Crippen LogP contribution in [-0.2, 0) is 10.0 Å². The van der Waals surface area contributed by atoms with Gasteiger partial charge in [0.1, 0.15) is 4.90 Å². The van der Waals surface area contributed by atoms with Crippen LogP contribution in [0.2, 0.25) is 5.02 Å². The highest BCUT2D eigenvalue weighted by Gasteiger charge is 2.22. The quantitative estimate of drug-likeness (QED) is 0.826. The van der Waals surface area contributed by atoms with Gasteiger partial charge in [0.2, 0.25) is 10.0 Å². The third kappa shape index (κ3) is 3.85. The van der Waals surface area contributed by atoms with Crippen LogP contribution in [0.3, 0.4) is 0 Å². The fourth-order valence-corrected chi connectivity index (χ4v) is 3.97. The van der Waals surface area contributed by atoms with E-state index in [0.717, 1.165) is 25.9 Å². The number of nitrogens with one attached hydrogen (secondary N) is 1. The Morgan fingerprint density at radius 1 is 1.40 bits per heavy atom. The standard InChI is InChI=1S/C13H20ClN3O2S/c1-17-6-4-10(5-7-17)9-16-20(18,19)13-3-2-11(15)8-12(13)14/h2-3,8,10,16H,4-7,9,15H2,1H3. The van der Waals surface area contributed by atoms with Gasteiger partial charge in [-0.3, -0.25) is 0 Å². The Balaban J connectivity index is 2.00. The molecule has 1 fully saturated rings. The molecule has 1 aromatic rings. The predicted molar refractivity (Wildman–Crippen MR) is 81.3 cm³/mol. The maximum atomic E-state index is 12.2. The van der Waals surface area contributed by atoms with E-state index in [4.69, 9.17) is 17.3 Å². The van der Waals surface area contributed by atoms with Gasteiger partial charge in [-0.2, -0.15) is 0 Å². The summed E-state index contributed by atoms with van der Waals surface area (Å²) in [5.41, 5.74) is 6.02. The van der Waals surface area contributed by atoms with Crippen LogP contribution in [0.4, 0.5) is 5.69 Å². The molecule has 1 saturated heterocycles. The molecule has 1 aliphatic rings. The van der Waals surface area contributed by atoms with Crippen LogP contribution in [0.15, 0.2) is 23.1 Å². The van der Waals surface area contributed by atoms with Crippen molar-refractivity contribution < 1.29 is 8.42 Å². The Labute approximate surface area is 125 Å². The molecule has 0 amide bonds. The van der Waals surface area contributed by atoms with Crippen LogP contribution in [0.25, 0.3) is 0 Å². The molecule has 2 rings (SSSR count). The van der Waals surface area contributed by atoms with E-state index in [0.29, 0.717) is 18.2 Å². The zero-order valence-electron chi connectivity index (χ0n) is 11.5. The van der Waals surface area contributed by atoms with Gasteiger partial charge in [-0.1, -0.05) is 11.6 Å². The molecule has 0 bridgehead atoms. The Hall–Kier alpha value is -0.820. The minimum absolute atomic E-state index is 0.0845. The molecule has 7 heteroatoms. The zero-order valence-corrected chi connectivity index (χ0v) is 13.0. The van der Waals surface area contributed by atoms with Gasteiger partial charge in [-0.25, -0.2) is 13.1 Å². The van der Waals surface area contributed by atoms with Crippen LogP contribution < -0.4 is 10.5 Å². The third-order valence-electron chi connectivity index (χ3n) is 3.65. The number of nitrogen functional groups attached to an aromatic ring is 1. The molecule has 0 radical (unpaired) electrons. The molecule has 1 aliphatic heterocycles. The van der Waals surface area contributed by atoms with Gasteiger partial charge in [0.15, 0.2) is 0 Å². The number of sulfonamides is 1. The Kier molecular flexibility index (Phi) is 4.90. The van der Waals surface area contributed by atoms with Gasteiger partial charge >= 0.3 is 0 Å². The summed E-state index contributed by atoms with van der Waals surface area (Å²) < 4.78 is 27.1. The van der Waals surface area contributed by atoms with Gasteiger partial charge in [-0.05, 0) is 57.1 Å². The van der Waals surface area contributed by atoms with Gasteiger partial charge in [0, 0.05) is 12.2 Å². The van der Waals surface area contributed by atoms with Crippen molar-refractivity contribution in [2.75, 3.05) is 32.4 Å². The molecule has 1 heterocycles. The number of anilines is 1. The van der Waals surface area contributed by atoms with Crippen molar-refractivity contribution in [2.45, 2.75) is 17.7 Å². The second-order valence-electron chi connectivity index (χ2n) is 5.29. The maximum absolute atomic E-state index is 12.2. The SMILES string of the molecule is CN1CCC(CNS(=O)(=O)c2ccc(N)cc2Cl)CC1. The number of rotatable bonds is 4. The van der Waals surface area contributed by atoms with E-state index in [1.165, 1.54) is 18.2 Å². The number of hydrogen-bond donors (Lipinski definition) is 2. The van der Waals surface area contributed by atoms with Crippen LogP contribution in [-0.4, -0.2) is 40.0 Å². The highest BCUT2D eigenvalue weighted by Crippen LogP contribution is 2.24. The minimum Gasteiger partial charge on any atom is -0.399 e. The first kappa shape index (κ1) is 15.6. The summed E-state index contributed by atoms with van der Waals surface area (Å²) >= 11 is 5.95. The lowest BCUT2D eigenvalue weighted by molar-refractivity contribution is 0.220. The molecule has 0 saturated carbocycles. The van der Waals surface area contributed by atoms with Crippen molar-refractivity contribution in [1.82, 2.24) is 9.62 Å². The molecule has 0 spiro atoms. The number of likely N-dealkylation sites (tertiary alicyclic amines) is 1. The number of halogens is 1. The van der Waals surface area contributed by atoms with Gasteiger partial charge in [0.05, 0.1) is 5.02 Å². The van der Waals surface area contributed by atoms with E-state index in [2.05, 4.69) is 16.7 Å². The second kappa shape index (κ2) is 6.30. The predicted octanol–water partition coefficient (Wildman–Crippen LogP) is 1.54. The summed E-state index contributed by atoms with van der Waals surface area (Å²) in [5.74, 6) is 0.383. The fraction of sp³-hybridized carbons (Fsp3) is 0.538. The summed E-state index contributed by atoms with van der Waals surface area (Å²) in [4.78, 5) is 2.34. The summed E-state index contributed by atoms with van der Waals surface area (Å²) in [6.07, 6.45) is 2.02. The van der Waals surface area contributed by atoms with Crippen molar-refractivity contribution in [2.24, 2.45) is 5.92 Å². The van der Waals surface area contributed by atoms with Crippen molar-refractivity contribution in [3.05, 3.63) is 23.2 Å². The van der Waals surface area contributed by atoms with Crippen LogP contribution in [0, 0.1) is 5.92 Å². The number of piperidine rings is 1. The topological polar surface area (TPSA) is 75.4 Å². The first-order valence-corrected chi connectivity index (χ1v) is 8.48. The lowest BCUT2D eigenvalue weighted by Crippen LogP contribution is -2.36.